The monoisotopic (exact) mass is 374 g/mol. The highest BCUT2D eigenvalue weighted by Gasteiger charge is 2.12. The Kier molecular flexibility index (Phi) is 4.24. The fraction of sp³-hybridized carbons (Fsp3) is 0.0526. The van der Waals surface area contributed by atoms with Gasteiger partial charge < -0.3 is 0 Å². The third kappa shape index (κ3) is 3.05. The van der Waals surface area contributed by atoms with E-state index in [0.29, 0.717) is 22.2 Å². The average Bonchev–Trinajstić information content (AvgIpc) is 3.14. The summed E-state index contributed by atoms with van der Waals surface area (Å²) in [5.41, 5.74) is 1.88. The van der Waals surface area contributed by atoms with Gasteiger partial charge in [-0.2, -0.15) is 14.9 Å². The number of aromatic nitrogens is 4. The van der Waals surface area contributed by atoms with Crippen molar-refractivity contribution in [3.63, 3.8) is 0 Å². The van der Waals surface area contributed by atoms with Crippen molar-refractivity contribution in [2.75, 3.05) is 0 Å². The number of fused-ring (bicyclic) bond motifs is 1. The number of hydrogen-bond donors (Lipinski definition) is 0. The van der Waals surface area contributed by atoms with Gasteiger partial charge in [0.25, 0.3) is 11.2 Å². The molecular weight excluding hydrogens is 360 g/mol. The zero-order chi connectivity index (χ0) is 19.7. The minimum atomic E-state index is -0.454. The van der Waals surface area contributed by atoms with E-state index in [1.807, 2.05) is 30.3 Å². The normalized spacial score (nSPS) is 11.3. The standard InChI is InChI=1S/C19H14N6O3/c1-13-7-8-14(9-17(13)25(27)28)10-21-23-12-20-18-16(19(23)26)11-22-24(18)15-5-3-2-4-6-15/h2-12H,1H3/b21-10-. The van der Waals surface area contributed by atoms with Gasteiger partial charge in [-0.1, -0.05) is 30.3 Å². The number of nitrogens with zero attached hydrogens (tertiary/aromatic N) is 6. The van der Waals surface area contributed by atoms with Crippen LogP contribution in [0.5, 0.6) is 0 Å². The van der Waals surface area contributed by atoms with Gasteiger partial charge in [-0.3, -0.25) is 14.9 Å². The van der Waals surface area contributed by atoms with Crippen LogP contribution in [0.4, 0.5) is 5.69 Å². The molecule has 4 aromatic rings. The van der Waals surface area contributed by atoms with Gasteiger partial charge in [0.15, 0.2) is 5.65 Å². The van der Waals surface area contributed by atoms with E-state index >= 15 is 0 Å². The molecule has 0 radical (unpaired) electrons. The van der Waals surface area contributed by atoms with Crippen LogP contribution in [-0.2, 0) is 0 Å². The second-order valence-electron chi connectivity index (χ2n) is 6.07. The predicted molar refractivity (Wildman–Crippen MR) is 104 cm³/mol. The van der Waals surface area contributed by atoms with Crippen molar-refractivity contribution in [2.45, 2.75) is 6.92 Å². The molecule has 9 heteroatoms. The van der Waals surface area contributed by atoms with Gasteiger partial charge in [0, 0.05) is 17.2 Å². The number of rotatable bonds is 4. The van der Waals surface area contributed by atoms with Crippen molar-refractivity contribution in [1.29, 1.82) is 0 Å². The summed E-state index contributed by atoms with van der Waals surface area (Å²) in [6.45, 7) is 1.66. The second-order valence-corrected chi connectivity index (χ2v) is 6.07. The number of para-hydroxylation sites is 1. The van der Waals surface area contributed by atoms with E-state index in [4.69, 9.17) is 0 Å². The maximum absolute atomic E-state index is 12.7. The summed E-state index contributed by atoms with van der Waals surface area (Å²) in [6, 6.07) is 14.1. The Morgan fingerprint density at radius 3 is 2.71 bits per heavy atom. The maximum Gasteiger partial charge on any atom is 0.285 e. The Hall–Kier alpha value is -4.14. The van der Waals surface area contributed by atoms with Gasteiger partial charge in [0.2, 0.25) is 0 Å². The molecule has 0 N–H and O–H groups in total. The summed E-state index contributed by atoms with van der Waals surface area (Å²) >= 11 is 0. The Labute approximate surface area is 158 Å². The zero-order valence-electron chi connectivity index (χ0n) is 14.8. The van der Waals surface area contributed by atoms with Crippen molar-refractivity contribution < 1.29 is 4.92 Å². The maximum atomic E-state index is 12.7. The highest BCUT2D eigenvalue weighted by Crippen LogP contribution is 2.18. The first kappa shape index (κ1) is 17.3. The van der Waals surface area contributed by atoms with Crippen LogP contribution in [0, 0.1) is 17.0 Å². The van der Waals surface area contributed by atoms with Crippen LogP contribution in [0.2, 0.25) is 0 Å². The summed E-state index contributed by atoms with van der Waals surface area (Å²) in [5, 5.41) is 19.7. The third-order valence-electron chi connectivity index (χ3n) is 4.23. The number of nitro groups is 1. The van der Waals surface area contributed by atoms with Gasteiger partial charge in [0.1, 0.15) is 11.7 Å². The molecule has 2 heterocycles. The van der Waals surface area contributed by atoms with Crippen molar-refractivity contribution in [3.8, 4) is 5.69 Å². The minimum Gasteiger partial charge on any atom is -0.266 e. The Balaban J connectivity index is 1.72. The molecule has 138 valence electrons. The number of hydrogen-bond acceptors (Lipinski definition) is 6. The van der Waals surface area contributed by atoms with Gasteiger partial charge in [-0.15, -0.1) is 0 Å². The first-order valence-electron chi connectivity index (χ1n) is 8.35. The lowest BCUT2D eigenvalue weighted by atomic mass is 10.1. The fourth-order valence-corrected chi connectivity index (χ4v) is 2.77. The molecule has 0 saturated carbocycles. The zero-order valence-corrected chi connectivity index (χ0v) is 14.8. The Morgan fingerprint density at radius 2 is 1.96 bits per heavy atom. The molecule has 2 aromatic heterocycles. The largest absolute Gasteiger partial charge is 0.285 e. The molecule has 0 bridgehead atoms. The Bertz CT molecular complexity index is 1270. The van der Waals surface area contributed by atoms with E-state index in [1.165, 1.54) is 24.8 Å². The average molecular weight is 374 g/mol. The van der Waals surface area contributed by atoms with Crippen LogP contribution < -0.4 is 5.56 Å². The van der Waals surface area contributed by atoms with Gasteiger partial charge in [-0.25, -0.2) is 9.67 Å². The summed E-state index contributed by atoms with van der Waals surface area (Å²) in [4.78, 5) is 27.6. The molecule has 0 spiro atoms. The predicted octanol–water partition coefficient (Wildman–Crippen LogP) is 2.68. The van der Waals surface area contributed by atoms with Crippen LogP contribution in [-0.4, -0.2) is 30.6 Å². The van der Waals surface area contributed by atoms with Gasteiger partial charge in [0.05, 0.1) is 23.0 Å². The van der Waals surface area contributed by atoms with Crippen LogP contribution >= 0.6 is 0 Å². The highest BCUT2D eigenvalue weighted by molar-refractivity contribution is 5.81. The minimum absolute atomic E-state index is 0.00554. The topological polar surface area (TPSA) is 108 Å². The van der Waals surface area contributed by atoms with Crippen LogP contribution in [0.15, 0.2) is 71.0 Å². The molecule has 4 rings (SSSR count). The van der Waals surface area contributed by atoms with E-state index in [0.717, 1.165) is 10.4 Å². The lowest BCUT2D eigenvalue weighted by Gasteiger charge is -2.03. The van der Waals surface area contributed by atoms with Crippen LogP contribution in [0.3, 0.4) is 0 Å². The van der Waals surface area contributed by atoms with Gasteiger partial charge >= 0.3 is 0 Å². The first-order valence-corrected chi connectivity index (χ1v) is 8.35. The lowest BCUT2D eigenvalue weighted by Crippen LogP contribution is -2.17. The van der Waals surface area contributed by atoms with Crippen LogP contribution in [0.25, 0.3) is 16.7 Å². The van der Waals surface area contributed by atoms with E-state index in [2.05, 4.69) is 15.2 Å². The number of benzene rings is 2. The summed E-state index contributed by atoms with van der Waals surface area (Å²) < 4.78 is 2.65. The smallest absolute Gasteiger partial charge is 0.266 e. The van der Waals surface area contributed by atoms with Crippen molar-refractivity contribution in [1.82, 2.24) is 19.4 Å². The van der Waals surface area contributed by atoms with E-state index in [-0.39, 0.29) is 11.2 Å². The lowest BCUT2D eigenvalue weighted by molar-refractivity contribution is -0.385. The molecule has 9 nitrogen and oxygen atoms in total. The first-order chi connectivity index (χ1) is 13.5. The molecule has 0 saturated heterocycles. The molecule has 0 atom stereocenters. The van der Waals surface area contributed by atoms with E-state index in [9.17, 15) is 14.9 Å². The quantitative estimate of drug-likeness (QED) is 0.310. The van der Waals surface area contributed by atoms with Crippen LogP contribution in [0.1, 0.15) is 11.1 Å². The highest BCUT2D eigenvalue weighted by atomic mass is 16.6. The third-order valence-corrected chi connectivity index (χ3v) is 4.23. The molecule has 0 aliphatic heterocycles. The van der Waals surface area contributed by atoms with Crippen molar-refractivity contribution in [3.05, 3.63) is 92.7 Å². The van der Waals surface area contributed by atoms with E-state index in [1.54, 1.807) is 23.7 Å². The van der Waals surface area contributed by atoms with E-state index < -0.39 is 4.92 Å². The molecule has 0 unspecified atom stereocenters. The number of nitro benzene ring substituents is 1. The molecule has 0 fully saturated rings. The van der Waals surface area contributed by atoms with Gasteiger partial charge in [-0.05, 0) is 19.1 Å². The SMILES string of the molecule is Cc1ccc(/C=N\n2cnc3c(cnn3-c3ccccc3)c2=O)cc1[N+](=O)[O-]. The molecule has 0 aliphatic carbocycles. The summed E-state index contributed by atoms with van der Waals surface area (Å²) in [6.07, 6.45) is 4.12. The molecular formula is C19H14N6O3. The molecule has 28 heavy (non-hydrogen) atoms. The molecule has 2 aromatic carbocycles. The number of aryl methyl sites for hydroxylation is 1. The molecule has 0 amide bonds. The fourth-order valence-electron chi connectivity index (χ4n) is 2.77. The molecule has 0 aliphatic rings. The summed E-state index contributed by atoms with van der Waals surface area (Å²) in [5.74, 6) is 0. The van der Waals surface area contributed by atoms with Crippen molar-refractivity contribution >= 4 is 22.9 Å². The van der Waals surface area contributed by atoms with Crippen molar-refractivity contribution in [2.24, 2.45) is 5.10 Å². The second kappa shape index (κ2) is 6.88. The Morgan fingerprint density at radius 1 is 1.18 bits per heavy atom. The summed E-state index contributed by atoms with van der Waals surface area (Å²) in [7, 11) is 0.